The van der Waals surface area contributed by atoms with Crippen LogP contribution in [-0.2, 0) is 11.2 Å². The molecule has 0 spiro atoms. The quantitative estimate of drug-likeness (QED) is 0.279. The van der Waals surface area contributed by atoms with E-state index in [2.05, 4.69) is 92.5 Å². The highest BCUT2D eigenvalue weighted by molar-refractivity contribution is 9.10. The summed E-state index contributed by atoms with van der Waals surface area (Å²) in [5, 5.41) is 0. The van der Waals surface area contributed by atoms with E-state index in [0.29, 0.717) is 0 Å². The summed E-state index contributed by atoms with van der Waals surface area (Å²) >= 11 is 7.32. The topological polar surface area (TPSA) is 18.5 Å². The largest absolute Gasteiger partial charge is 0.472 e. The molecule has 0 aromatic heterocycles. The average molecular weight is 520 g/mol. The average Bonchev–Trinajstić information content (AvgIpc) is 3.23. The van der Waals surface area contributed by atoms with Crippen LogP contribution >= 0.6 is 31.9 Å². The second-order valence-electron chi connectivity index (χ2n) is 7.58. The number of hydrogen-bond donors (Lipinski definition) is 0. The van der Waals surface area contributed by atoms with Crippen LogP contribution in [0.3, 0.4) is 0 Å². The van der Waals surface area contributed by atoms with E-state index < -0.39 is 11.2 Å². The van der Waals surface area contributed by atoms with Gasteiger partial charge in [-0.15, -0.1) is 0 Å². The second kappa shape index (κ2) is 6.47. The fourth-order valence-corrected chi connectivity index (χ4v) is 5.60. The first-order valence-electron chi connectivity index (χ1n) is 9.74. The molecular formula is C26H16Br2O2. The van der Waals surface area contributed by atoms with Gasteiger partial charge in [0.1, 0.15) is 11.5 Å². The first-order valence-corrected chi connectivity index (χ1v) is 11.3. The highest BCUT2D eigenvalue weighted by Crippen LogP contribution is 2.66. The molecule has 4 aromatic rings. The van der Waals surface area contributed by atoms with Crippen molar-refractivity contribution in [3.63, 3.8) is 0 Å². The van der Waals surface area contributed by atoms with Crippen LogP contribution in [0.4, 0.5) is 0 Å². The zero-order chi connectivity index (χ0) is 20.3. The van der Waals surface area contributed by atoms with Gasteiger partial charge in [-0.3, -0.25) is 0 Å². The summed E-state index contributed by atoms with van der Waals surface area (Å²) in [5.74, 6) is 1.66. The molecule has 0 bridgehead atoms. The van der Waals surface area contributed by atoms with Gasteiger partial charge in [0.25, 0.3) is 0 Å². The molecule has 146 valence electrons. The van der Waals surface area contributed by atoms with Crippen molar-refractivity contribution in [3.05, 3.63) is 128 Å². The van der Waals surface area contributed by atoms with Crippen LogP contribution in [-0.4, -0.2) is 0 Å². The Kier molecular flexibility index (Phi) is 3.93. The van der Waals surface area contributed by atoms with Gasteiger partial charge in [-0.2, -0.15) is 0 Å². The minimum Gasteiger partial charge on any atom is -0.472 e. The van der Waals surface area contributed by atoms with E-state index in [9.17, 15) is 0 Å². The number of fused-ring (bicyclic) bond motifs is 5. The first-order chi connectivity index (χ1) is 14.6. The summed E-state index contributed by atoms with van der Waals surface area (Å²) in [5.41, 5.74) is 2.44. The molecule has 0 saturated heterocycles. The standard InChI is InChI=1S/C26H16Br2O2/c27-19-11-13-23-21(15-19)25(17-7-3-1-4-8-17)26(30-23,18-9-5-2-6-10-18)22-16-20(28)12-14-24(22)29-25/h1-16H. The van der Waals surface area contributed by atoms with Crippen LogP contribution in [0.15, 0.2) is 106 Å². The van der Waals surface area contributed by atoms with E-state index in [4.69, 9.17) is 9.47 Å². The fourth-order valence-electron chi connectivity index (χ4n) is 4.88. The van der Waals surface area contributed by atoms with Crippen molar-refractivity contribution in [1.29, 1.82) is 0 Å². The molecule has 0 saturated carbocycles. The Morgan fingerprint density at radius 1 is 0.500 bits per heavy atom. The van der Waals surface area contributed by atoms with Crippen LogP contribution in [0.25, 0.3) is 0 Å². The van der Waals surface area contributed by atoms with E-state index in [1.165, 1.54) is 0 Å². The molecule has 2 heterocycles. The van der Waals surface area contributed by atoms with Crippen molar-refractivity contribution in [3.8, 4) is 11.5 Å². The molecule has 6 rings (SSSR count). The summed E-state index contributed by atoms with van der Waals surface area (Å²) in [7, 11) is 0. The number of rotatable bonds is 2. The maximum Gasteiger partial charge on any atom is 0.211 e. The normalized spacial score (nSPS) is 23.1. The third-order valence-electron chi connectivity index (χ3n) is 6.02. The summed E-state index contributed by atoms with van der Waals surface area (Å²) in [6.45, 7) is 0. The molecule has 2 unspecified atom stereocenters. The lowest BCUT2D eigenvalue weighted by Gasteiger charge is -2.38. The number of hydrogen-bond acceptors (Lipinski definition) is 2. The van der Waals surface area contributed by atoms with Gasteiger partial charge >= 0.3 is 0 Å². The van der Waals surface area contributed by atoms with Gasteiger partial charge in [0.05, 0.1) is 0 Å². The van der Waals surface area contributed by atoms with Gasteiger partial charge < -0.3 is 9.47 Å². The Bertz CT molecular complexity index is 1170. The number of ether oxygens (including phenoxy) is 2. The molecule has 2 nitrogen and oxygen atoms in total. The Morgan fingerprint density at radius 2 is 0.900 bits per heavy atom. The molecule has 0 amide bonds. The predicted molar refractivity (Wildman–Crippen MR) is 124 cm³/mol. The Balaban J connectivity index is 1.79. The zero-order valence-corrected chi connectivity index (χ0v) is 19.0. The Hall–Kier alpha value is -2.56. The summed E-state index contributed by atoms with van der Waals surface area (Å²) in [4.78, 5) is 0. The Morgan fingerprint density at radius 3 is 1.30 bits per heavy atom. The smallest absolute Gasteiger partial charge is 0.211 e. The van der Waals surface area contributed by atoms with Crippen molar-refractivity contribution in [2.45, 2.75) is 11.2 Å². The predicted octanol–water partition coefficient (Wildman–Crippen LogP) is 7.18. The van der Waals surface area contributed by atoms with Gasteiger partial charge in [0, 0.05) is 31.2 Å². The summed E-state index contributed by atoms with van der Waals surface area (Å²) in [6.07, 6.45) is 0. The van der Waals surface area contributed by atoms with Crippen LogP contribution in [0.5, 0.6) is 11.5 Å². The zero-order valence-electron chi connectivity index (χ0n) is 15.8. The lowest BCUT2D eigenvalue weighted by molar-refractivity contribution is -0.0144. The molecule has 0 N–H and O–H groups in total. The van der Waals surface area contributed by atoms with Crippen LogP contribution in [0.1, 0.15) is 22.3 Å². The molecule has 2 aliphatic rings. The van der Waals surface area contributed by atoms with Crippen LogP contribution in [0, 0.1) is 0 Å². The highest BCUT2D eigenvalue weighted by atomic mass is 79.9. The third-order valence-corrected chi connectivity index (χ3v) is 7.01. The lowest BCUT2D eigenvalue weighted by Crippen LogP contribution is -2.50. The molecule has 30 heavy (non-hydrogen) atoms. The van der Waals surface area contributed by atoms with Gasteiger partial charge in [-0.05, 0) is 36.4 Å². The molecule has 4 heteroatoms. The SMILES string of the molecule is Brc1ccc2c(c1)C1(c3ccccc3)Oc3ccc(Br)cc3C1(c1ccccc1)O2. The molecule has 2 atom stereocenters. The summed E-state index contributed by atoms with van der Waals surface area (Å²) < 4.78 is 15.8. The van der Waals surface area contributed by atoms with Gasteiger partial charge in [0.15, 0.2) is 0 Å². The van der Waals surface area contributed by atoms with Crippen LogP contribution < -0.4 is 9.47 Å². The molecule has 4 aromatic carbocycles. The minimum absolute atomic E-state index is 0.830. The lowest BCUT2D eigenvalue weighted by atomic mass is 9.69. The van der Waals surface area contributed by atoms with E-state index in [0.717, 1.165) is 42.7 Å². The fraction of sp³-hybridized carbons (Fsp3) is 0.0769. The maximum absolute atomic E-state index is 6.93. The molecule has 2 aliphatic heterocycles. The first kappa shape index (κ1) is 18.2. The molecule has 0 fully saturated rings. The maximum atomic E-state index is 6.93. The van der Waals surface area contributed by atoms with E-state index in [-0.39, 0.29) is 0 Å². The van der Waals surface area contributed by atoms with Gasteiger partial charge in [-0.1, -0.05) is 92.5 Å². The number of halogens is 2. The van der Waals surface area contributed by atoms with Crippen LogP contribution in [0.2, 0.25) is 0 Å². The Labute approximate surface area is 191 Å². The van der Waals surface area contributed by atoms with Gasteiger partial charge in [-0.25, -0.2) is 0 Å². The van der Waals surface area contributed by atoms with Crippen molar-refractivity contribution in [1.82, 2.24) is 0 Å². The van der Waals surface area contributed by atoms with Crippen molar-refractivity contribution in [2.24, 2.45) is 0 Å². The third kappa shape index (κ3) is 2.24. The monoisotopic (exact) mass is 518 g/mol. The molecular weight excluding hydrogens is 504 g/mol. The second-order valence-corrected chi connectivity index (χ2v) is 9.41. The number of benzene rings is 4. The highest BCUT2D eigenvalue weighted by Gasteiger charge is 2.70. The van der Waals surface area contributed by atoms with E-state index in [1.807, 2.05) is 36.4 Å². The van der Waals surface area contributed by atoms with Crippen molar-refractivity contribution < 1.29 is 9.47 Å². The molecule has 0 aliphatic carbocycles. The van der Waals surface area contributed by atoms with Crippen molar-refractivity contribution in [2.75, 3.05) is 0 Å². The molecule has 0 radical (unpaired) electrons. The summed E-state index contributed by atoms with van der Waals surface area (Å²) in [6, 6.07) is 33.1. The van der Waals surface area contributed by atoms with E-state index >= 15 is 0 Å². The van der Waals surface area contributed by atoms with E-state index in [1.54, 1.807) is 0 Å². The van der Waals surface area contributed by atoms with Crippen molar-refractivity contribution >= 4 is 31.9 Å². The van der Waals surface area contributed by atoms with Gasteiger partial charge in [0.2, 0.25) is 11.2 Å². The minimum atomic E-state index is -0.849.